The molecule has 3 rings (SSSR count). The predicted molar refractivity (Wildman–Crippen MR) is 83.6 cm³/mol. The zero-order valence-corrected chi connectivity index (χ0v) is 12.7. The maximum absolute atomic E-state index is 6.19. The van der Waals surface area contributed by atoms with E-state index in [-0.39, 0.29) is 0 Å². The number of likely N-dealkylation sites (tertiary alicyclic amines) is 1. The van der Waals surface area contributed by atoms with Gasteiger partial charge in [-0.05, 0) is 51.8 Å². The van der Waals surface area contributed by atoms with E-state index in [1.54, 1.807) is 0 Å². The molecule has 1 aromatic carbocycles. The van der Waals surface area contributed by atoms with Crippen molar-refractivity contribution in [2.24, 2.45) is 0 Å². The summed E-state index contributed by atoms with van der Waals surface area (Å²) in [6, 6.07) is 7.55. The number of anilines is 1. The normalized spacial score (nSPS) is 22.6. The van der Waals surface area contributed by atoms with Crippen LogP contribution in [0.3, 0.4) is 0 Å². The van der Waals surface area contributed by atoms with Gasteiger partial charge in [0.05, 0.1) is 0 Å². The molecule has 0 radical (unpaired) electrons. The number of hydrogen-bond donors (Lipinski definition) is 1. The molecule has 0 amide bonds. The van der Waals surface area contributed by atoms with Crippen LogP contribution in [-0.4, -0.2) is 36.7 Å². The summed E-state index contributed by atoms with van der Waals surface area (Å²) in [5.74, 6) is 1.08. The Morgan fingerprint density at radius 3 is 3.10 bits per heavy atom. The molecule has 1 unspecified atom stereocenters. The molecule has 3 nitrogen and oxygen atoms in total. The summed E-state index contributed by atoms with van der Waals surface area (Å²) in [6.45, 7) is 7.68. The minimum Gasteiger partial charge on any atom is -0.492 e. The van der Waals surface area contributed by atoms with E-state index < -0.39 is 0 Å². The lowest BCUT2D eigenvalue weighted by atomic mass is 10.0. The Morgan fingerprint density at radius 2 is 2.25 bits per heavy atom. The van der Waals surface area contributed by atoms with Crippen molar-refractivity contribution in [2.45, 2.75) is 51.6 Å². The first-order valence-electron chi connectivity index (χ1n) is 8.00. The van der Waals surface area contributed by atoms with Crippen molar-refractivity contribution in [3.05, 3.63) is 23.8 Å². The molecule has 3 heteroatoms. The number of ether oxygens (including phenoxy) is 1. The van der Waals surface area contributed by atoms with Crippen molar-refractivity contribution in [1.29, 1.82) is 0 Å². The van der Waals surface area contributed by atoms with Crippen LogP contribution in [-0.2, 0) is 6.42 Å². The second-order valence-electron chi connectivity index (χ2n) is 6.25. The number of benzene rings is 1. The molecule has 0 bridgehead atoms. The van der Waals surface area contributed by atoms with Gasteiger partial charge in [-0.1, -0.05) is 12.5 Å². The van der Waals surface area contributed by atoms with Crippen LogP contribution < -0.4 is 10.1 Å². The smallest absolute Gasteiger partial charge is 0.124 e. The van der Waals surface area contributed by atoms with Gasteiger partial charge in [0.1, 0.15) is 12.4 Å². The quantitative estimate of drug-likeness (QED) is 0.911. The van der Waals surface area contributed by atoms with Crippen LogP contribution in [0, 0.1) is 0 Å². The molecule has 0 spiro atoms. The van der Waals surface area contributed by atoms with Crippen LogP contribution in [0.2, 0.25) is 0 Å². The summed E-state index contributed by atoms with van der Waals surface area (Å²) < 4.78 is 6.19. The van der Waals surface area contributed by atoms with Crippen LogP contribution in [0.15, 0.2) is 18.2 Å². The number of piperidine rings is 1. The number of nitrogens with zero attached hydrogens (tertiary/aromatic N) is 1. The summed E-state index contributed by atoms with van der Waals surface area (Å²) in [7, 11) is 0. The van der Waals surface area contributed by atoms with Crippen molar-refractivity contribution in [3.63, 3.8) is 0 Å². The minimum atomic E-state index is 0.578. The maximum Gasteiger partial charge on any atom is 0.124 e. The molecule has 2 aliphatic rings. The first kappa shape index (κ1) is 13.7. The Kier molecular flexibility index (Phi) is 4.16. The average Bonchev–Trinajstić information content (AvgIpc) is 2.94. The fourth-order valence-electron chi connectivity index (χ4n) is 3.51. The van der Waals surface area contributed by atoms with Gasteiger partial charge in [0, 0.05) is 29.9 Å². The third kappa shape index (κ3) is 2.78. The van der Waals surface area contributed by atoms with Gasteiger partial charge >= 0.3 is 0 Å². The molecule has 2 aliphatic heterocycles. The first-order chi connectivity index (χ1) is 9.75. The van der Waals surface area contributed by atoms with Crippen molar-refractivity contribution in [3.8, 4) is 5.75 Å². The van der Waals surface area contributed by atoms with Crippen molar-refractivity contribution in [1.82, 2.24) is 4.90 Å². The molecule has 1 aromatic rings. The molecule has 1 atom stereocenters. The van der Waals surface area contributed by atoms with E-state index in [0.29, 0.717) is 12.1 Å². The molecular formula is C17H26N2O. The van der Waals surface area contributed by atoms with Gasteiger partial charge in [0.15, 0.2) is 0 Å². The average molecular weight is 274 g/mol. The van der Waals surface area contributed by atoms with Crippen LogP contribution in [0.5, 0.6) is 5.75 Å². The van der Waals surface area contributed by atoms with E-state index in [2.05, 4.69) is 42.3 Å². The van der Waals surface area contributed by atoms with Gasteiger partial charge in [-0.2, -0.15) is 0 Å². The van der Waals surface area contributed by atoms with Gasteiger partial charge in [-0.15, -0.1) is 0 Å². The molecule has 1 saturated heterocycles. The van der Waals surface area contributed by atoms with Crippen LogP contribution >= 0.6 is 0 Å². The van der Waals surface area contributed by atoms with Gasteiger partial charge in [-0.25, -0.2) is 0 Å². The lowest BCUT2D eigenvalue weighted by Gasteiger charge is -2.38. The summed E-state index contributed by atoms with van der Waals surface area (Å²) >= 11 is 0. The third-order valence-corrected chi connectivity index (χ3v) is 4.59. The Morgan fingerprint density at radius 1 is 1.35 bits per heavy atom. The monoisotopic (exact) mass is 274 g/mol. The number of fused-ring (bicyclic) bond motifs is 1. The molecule has 0 aromatic heterocycles. The predicted octanol–water partition coefficient (Wildman–Crippen LogP) is 3.30. The maximum atomic E-state index is 6.19. The second-order valence-corrected chi connectivity index (χ2v) is 6.25. The summed E-state index contributed by atoms with van der Waals surface area (Å²) in [6.07, 6.45) is 5.03. The summed E-state index contributed by atoms with van der Waals surface area (Å²) in [5.41, 5.74) is 2.62. The zero-order chi connectivity index (χ0) is 13.9. The van der Waals surface area contributed by atoms with E-state index in [1.807, 2.05) is 0 Å². The second kappa shape index (κ2) is 6.04. The lowest BCUT2D eigenvalue weighted by molar-refractivity contribution is 0.0730. The number of nitrogens with one attached hydrogen (secondary N) is 1. The van der Waals surface area contributed by atoms with Gasteiger partial charge in [-0.3, -0.25) is 4.90 Å². The van der Waals surface area contributed by atoms with Crippen LogP contribution in [0.1, 0.15) is 38.7 Å². The van der Waals surface area contributed by atoms with E-state index in [9.17, 15) is 0 Å². The molecule has 2 heterocycles. The lowest BCUT2D eigenvalue weighted by Crippen LogP contribution is -2.46. The molecule has 1 N–H and O–H groups in total. The fourth-order valence-corrected chi connectivity index (χ4v) is 3.51. The van der Waals surface area contributed by atoms with E-state index in [0.717, 1.165) is 25.3 Å². The molecule has 1 fully saturated rings. The third-order valence-electron chi connectivity index (χ3n) is 4.59. The summed E-state index contributed by atoms with van der Waals surface area (Å²) in [4.78, 5) is 2.60. The zero-order valence-electron chi connectivity index (χ0n) is 12.7. The molecular weight excluding hydrogens is 248 g/mol. The highest BCUT2D eigenvalue weighted by Crippen LogP contribution is 2.31. The highest BCUT2D eigenvalue weighted by molar-refractivity contribution is 5.61. The Bertz CT molecular complexity index is 458. The minimum absolute atomic E-state index is 0.578. The molecule has 110 valence electrons. The summed E-state index contributed by atoms with van der Waals surface area (Å²) in [5, 5.41) is 3.42. The first-order valence-corrected chi connectivity index (χ1v) is 8.00. The molecule has 0 aliphatic carbocycles. The standard InChI is InChI=1S/C17H26N2O/c1-13(2)19-11-4-3-6-14(19)12-20-17-8-5-7-16-15(17)9-10-18-16/h5,7-8,13-14,18H,3-4,6,9-12H2,1-2H3. The van der Waals surface area contributed by atoms with E-state index >= 15 is 0 Å². The van der Waals surface area contributed by atoms with Crippen molar-refractivity contribution in [2.75, 3.05) is 25.0 Å². The largest absolute Gasteiger partial charge is 0.492 e. The Hall–Kier alpha value is -1.22. The highest BCUT2D eigenvalue weighted by atomic mass is 16.5. The van der Waals surface area contributed by atoms with Crippen LogP contribution in [0.4, 0.5) is 5.69 Å². The van der Waals surface area contributed by atoms with Crippen molar-refractivity contribution < 1.29 is 4.74 Å². The Labute approximate surface area is 122 Å². The highest BCUT2D eigenvalue weighted by Gasteiger charge is 2.25. The van der Waals surface area contributed by atoms with Gasteiger partial charge < -0.3 is 10.1 Å². The van der Waals surface area contributed by atoms with Gasteiger partial charge in [0.25, 0.3) is 0 Å². The van der Waals surface area contributed by atoms with E-state index in [4.69, 9.17) is 4.74 Å². The number of hydrogen-bond acceptors (Lipinski definition) is 3. The van der Waals surface area contributed by atoms with Crippen LogP contribution in [0.25, 0.3) is 0 Å². The van der Waals surface area contributed by atoms with E-state index in [1.165, 1.54) is 37.1 Å². The molecule has 0 saturated carbocycles. The fraction of sp³-hybridized carbons (Fsp3) is 0.647. The Balaban J connectivity index is 1.65. The van der Waals surface area contributed by atoms with Gasteiger partial charge in [0.2, 0.25) is 0 Å². The number of rotatable bonds is 4. The van der Waals surface area contributed by atoms with Crippen molar-refractivity contribution >= 4 is 5.69 Å². The topological polar surface area (TPSA) is 24.5 Å². The SMILES string of the molecule is CC(C)N1CCCCC1COc1cccc2c1CCN2. The molecule has 20 heavy (non-hydrogen) atoms.